The van der Waals surface area contributed by atoms with Gasteiger partial charge < -0.3 is 20.4 Å². The highest BCUT2D eigenvalue weighted by molar-refractivity contribution is 5.95. The van der Waals surface area contributed by atoms with Gasteiger partial charge in [0.2, 0.25) is 23.6 Å². The lowest BCUT2D eigenvalue weighted by molar-refractivity contribution is -0.130. The van der Waals surface area contributed by atoms with Gasteiger partial charge in [0.25, 0.3) is 0 Å². The lowest BCUT2D eigenvalue weighted by atomic mass is 10.0. The summed E-state index contributed by atoms with van der Waals surface area (Å²) in [7, 11) is 0. The number of aromatic nitrogens is 2. The zero-order chi connectivity index (χ0) is 31.9. The molecule has 46 heavy (non-hydrogen) atoms. The van der Waals surface area contributed by atoms with Gasteiger partial charge in [-0.1, -0.05) is 36.4 Å². The van der Waals surface area contributed by atoms with Crippen LogP contribution in [0.15, 0.2) is 97.6 Å². The van der Waals surface area contributed by atoms with E-state index in [4.69, 9.17) is 0 Å². The summed E-state index contributed by atoms with van der Waals surface area (Å²) >= 11 is 0. The van der Waals surface area contributed by atoms with Crippen molar-refractivity contribution in [2.75, 3.05) is 36.8 Å². The molecule has 2 fully saturated rings. The summed E-state index contributed by atoms with van der Waals surface area (Å²) in [5.41, 5.74) is 5.07. The minimum absolute atomic E-state index is 0.00700. The molecule has 0 aliphatic carbocycles. The van der Waals surface area contributed by atoms with E-state index < -0.39 is 0 Å². The van der Waals surface area contributed by atoms with Crippen molar-refractivity contribution >= 4 is 35.0 Å². The average molecular weight is 617 g/mol. The van der Waals surface area contributed by atoms with Gasteiger partial charge in [-0.25, -0.2) is 0 Å². The molecule has 0 radical (unpaired) electrons. The lowest BCUT2D eigenvalue weighted by Crippen LogP contribution is -2.32. The van der Waals surface area contributed by atoms with Crippen molar-refractivity contribution in [3.63, 3.8) is 0 Å². The Kier molecular flexibility index (Phi) is 9.43. The number of carbonyl (C=O) groups is 4. The van der Waals surface area contributed by atoms with Crippen LogP contribution in [0.25, 0.3) is 11.1 Å². The number of benzene rings is 2. The Morgan fingerprint density at radius 3 is 1.39 bits per heavy atom. The van der Waals surface area contributed by atoms with Crippen LogP contribution in [0.4, 0.5) is 11.4 Å². The third-order valence-electron chi connectivity index (χ3n) is 8.62. The lowest BCUT2D eigenvalue weighted by Gasteiger charge is -2.17. The summed E-state index contributed by atoms with van der Waals surface area (Å²) in [5.74, 6) is -0.666. The topological polar surface area (TPSA) is 125 Å². The van der Waals surface area contributed by atoms with Crippen LogP contribution in [-0.2, 0) is 32.0 Å². The van der Waals surface area contributed by atoms with E-state index in [2.05, 4.69) is 20.6 Å². The Morgan fingerprint density at radius 2 is 1.02 bits per heavy atom. The summed E-state index contributed by atoms with van der Waals surface area (Å²) in [6, 6.07) is 22.6. The van der Waals surface area contributed by atoms with Gasteiger partial charge in [-0.15, -0.1) is 0 Å². The van der Waals surface area contributed by atoms with Crippen LogP contribution < -0.4 is 10.6 Å². The molecule has 2 saturated heterocycles. The minimum Gasteiger partial charge on any atom is -0.342 e. The zero-order valence-corrected chi connectivity index (χ0v) is 25.5. The number of amides is 4. The van der Waals surface area contributed by atoms with E-state index >= 15 is 0 Å². The minimum atomic E-state index is -0.250. The molecule has 2 aromatic carbocycles. The zero-order valence-electron chi connectivity index (χ0n) is 25.5. The Labute approximate surface area is 267 Å². The standard InChI is InChI=1S/C36H36N6O4/c43-33(19-25-3-1-15-37-21-25)41-17-13-29(23-41)35(45)39-31-9-5-27(6-10-31)28-7-11-32(12-8-28)40-36(46)30-14-18-42(24-30)34(44)20-26-4-2-16-38-22-26/h1-12,15-16,21-22,29-30H,13-14,17-20,23-24H2,(H,39,45)(H,40,46)/t29-,30+. The van der Waals surface area contributed by atoms with Crippen molar-refractivity contribution in [1.29, 1.82) is 0 Å². The molecule has 2 atom stereocenters. The number of hydrogen-bond donors (Lipinski definition) is 2. The molecular formula is C36H36N6O4. The van der Waals surface area contributed by atoms with Gasteiger partial charge in [-0.05, 0) is 71.5 Å². The summed E-state index contributed by atoms with van der Waals surface area (Å²) in [6.07, 6.45) is 8.57. The molecule has 0 bridgehead atoms. The smallest absolute Gasteiger partial charge is 0.229 e. The van der Waals surface area contributed by atoms with Crippen molar-refractivity contribution < 1.29 is 19.2 Å². The first-order valence-electron chi connectivity index (χ1n) is 15.6. The van der Waals surface area contributed by atoms with Crippen LogP contribution in [-0.4, -0.2) is 69.6 Å². The predicted molar refractivity (Wildman–Crippen MR) is 174 cm³/mol. The van der Waals surface area contributed by atoms with E-state index in [-0.39, 0.29) is 48.3 Å². The van der Waals surface area contributed by atoms with Gasteiger partial charge in [0.15, 0.2) is 0 Å². The van der Waals surface area contributed by atoms with E-state index in [1.807, 2.05) is 72.8 Å². The molecule has 234 valence electrons. The van der Waals surface area contributed by atoms with E-state index in [0.29, 0.717) is 50.4 Å². The molecule has 4 heterocycles. The molecule has 2 N–H and O–H groups in total. The Morgan fingerprint density at radius 1 is 0.609 bits per heavy atom. The number of nitrogens with one attached hydrogen (secondary N) is 2. The molecule has 4 amide bonds. The summed E-state index contributed by atoms with van der Waals surface area (Å²) in [6.45, 7) is 1.96. The van der Waals surface area contributed by atoms with Crippen molar-refractivity contribution in [3.8, 4) is 11.1 Å². The highest BCUT2D eigenvalue weighted by atomic mass is 16.2. The second kappa shape index (κ2) is 14.2. The third-order valence-corrected chi connectivity index (χ3v) is 8.62. The van der Waals surface area contributed by atoms with E-state index in [0.717, 1.165) is 22.3 Å². The molecule has 10 heteroatoms. The molecule has 6 rings (SSSR count). The summed E-state index contributed by atoms with van der Waals surface area (Å²) in [4.78, 5) is 62.8. The van der Waals surface area contributed by atoms with Crippen LogP contribution >= 0.6 is 0 Å². The van der Waals surface area contributed by atoms with Crippen molar-refractivity contribution in [2.24, 2.45) is 11.8 Å². The van der Waals surface area contributed by atoms with Gasteiger partial charge >= 0.3 is 0 Å². The highest BCUT2D eigenvalue weighted by Crippen LogP contribution is 2.26. The Hall–Kier alpha value is -5.38. The largest absolute Gasteiger partial charge is 0.342 e. The quantitative estimate of drug-likeness (QED) is 0.291. The van der Waals surface area contributed by atoms with Crippen LogP contribution in [0.2, 0.25) is 0 Å². The molecule has 0 unspecified atom stereocenters. The maximum absolute atomic E-state index is 12.9. The van der Waals surface area contributed by atoms with E-state index in [9.17, 15) is 19.2 Å². The van der Waals surface area contributed by atoms with Crippen LogP contribution in [0.1, 0.15) is 24.0 Å². The number of hydrogen-bond acceptors (Lipinski definition) is 6. The molecule has 4 aromatic rings. The average Bonchev–Trinajstić information content (AvgIpc) is 3.78. The number of anilines is 2. The number of carbonyl (C=O) groups excluding carboxylic acids is 4. The highest BCUT2D eigenvalue weighted by Gasteiger charge is 2.32. The number of pyridine rings is 2. The third kappa shape index (κ3) is 7.63. The van der Waals surface area contributed by atoms with Gasteiger partial charge in [0.1, 0.15) is 0 Å². The fourth-order valence-electron chi connectivity index (χ4n) is 5.96. The van der Waals surface area contributed by atoms with Crippen molar-refractivity contribution in [1.82, 2.24) is 19.8 Å². The molecule has 2 aliphatic rings. The molecule has 10 nitrogen and oxygen atoms in total. The van der Waals surface area contributed by atoms with Gasteiger partial charge in [-0.2, -0.15) is 0 Å². The maximum Gasteiger partial charge on any atom is 0.229 e. The maximum atomic E-state index is 12.9. The second-order valence-corrected chi connectivity index (χ2v) is 11.9. The molecule has 2 aromatic heterocycles. The Bertz CT molecular complexity index is 1550. The normalized spacial score (nSPS) is 17.5. The first kappa shape index (κ1) is 30.6. The monoisotopic (exact) mass is 616 g/mol. The summed E-state index contributed by atoms with van der Waals surface area (Å²) in [5, 5.41) is 5.98. The second-order valence-electron chi connectivity index (χ2n) is 11.9. The number of likely N-dealkylation sites (tertiary alicyclic amines) is 2. The van der Waals surface area contributed by atoms with Gasteiger partial charge in [0.05, 0.1) is 24.7 Å². The molecule has 0 saturated carbocycles. The Balaban J connectivity index is 0.959. The fraction of sp³-hybridized carbons (Fsp3) is 0.278. The van der Waals surface area contributed by atoms with Gasteiger partial charge in [-0.3, -0.25) is 29.1 Å². The molecule has 0 spiro atoms. The van der Waals surface area contributed by atoms with E-state index in [1.54, 1.807) is 34.6 Å². The first-order valence-corrected chi connectivity index (χ1v) is 15.6. The number of nitrogens with zero attached hydrogens (tertiary/aromatic N) is 4. The van der Waals surface area contributed by atoms with E-state index in [1.165, 1.54) is 0 Å². The molecule has 2 aliphatic heterocycles. The molecular weight excluding hydrogens is 580 g/mol. The predicted octanol–water partition coefficient (Wildman–Crippen LogP) is 4.20. The van der Waals surface area contributed by atoms with Crippen molar-refractivity contribution in [2.45, 2.75) is 25.7 Å². The van der Waals surface area contributed by atoms with Gasteiger partial charge in [0, 0.05) is 62.3 Å². The van der Waals surface area contributed by atoms with Crippen LogP contribution in [0.5, 0.6) is 0 Å². The van der Waals surface area contributed by atoms with Crippen LogP contribution in [0, 0.1) is 11.8 Å². The summed E-state index contributed by atoms with van der Waals surface area (Å²) < 4.78 is 0. The SMILES string of the molecule is O=C(Nc1ccc(-c2ccc(NC(=O)[C@H]3CCN(C(=O)Cc4cccnc4)C3)cc2)cc1)[C@@H]1CCN(C(=O)Cc2cccnc2)C1. The first-order chi connectivity index (χ1) is 22.4. The van der Waals surface area contributed by atoms with Crippen molar-refractivity contribution in [3.05, 3.63) is 109 Å². The fourth-order valence-corrected chi connectivity index (χ4v) is 5.96. The number of rotatable bonds is 9. The van der Waals surface area contributed by atoms with Crippen LogP contribution in [0.3, 0.4) is 0 Å².